The second-order valence-electron chi connectivity index (χ2n) is 4.94. The summed E-state index contributed by atoms with van der Waals surface area (Å²) >= 11 is 4.76. The Morgan fingerprint density at radius 3 is 2.43 bits per heavy atom. The van der Waals surface area contributed by atoms with Crippen molar-refractivity contribution in [1.29, 1.82) is 0 Å². The first-order valence-electron chi connectivity index (χ1n) is 6.92. The molecule has 1 aromatic rings. The van der Waals surface area contributed by atoms with E-state index in [1.165, 1.54) is 0 Å². The van der Waals surface area contributed by atoms with Crippen LogP contribution in [-0.2, 0) is 4.79 Å². The van der Waals surface area contributed by atoms with E-state index in [0.29, 0.717) is 6.54 Å². The zero-order valence-corrected chi connectivity index (χ0v) is 16.5. The highest BCUT2D eigenvalue weighted by Gasteiger charge is 2.17. The smallest absolute Gasteiger partial charge is 0.304 e. The quantitative estimate of drug-likeness (QED) is 0.391. The van der Waals surface area contributed by atoms with Gasteiger partial charge in [0, 0.05) is 33.5 Å². The van der Waals surface area contributed by atoms with Crippen LogP contribution in [0.25, 0.3) is 0 Å². The number of anilines is 1. The molecule has 0 spiro atoms. The normalized spacial score (nSPS) is 12.2. The predicted molar refractivity (Wildman–Crippen MR) is 105 cm³/mol. The third-order valence-corrected chi connectivity index (χ3v) is 4.45. The second-order valence-corrected chi connectivity index (χ2v) is 7.09. The summed E-state index contributed by atoms with van der Waals surface area (Å²) in [5.41, 5.74) is 9.12. The van der Waals surface area contributed by atoms with Crippen molar-refractivity contribution in [1.82, 2.24) is 0 Å². The number of hydrogen-bond donors (Lipinski definition) is 2. The van der Waals surface area contributed by atoms with Gasteiger partial charge >= 0.3 is 5.97 Å². The summed E-state index contributed by atoms with van der Waals surface area (Å²) in [5.74, 6) is -0.921. The highest BCUT2D eigenvalue weighted by molar-refractivity contribution is 14.1. The fourth-order valence-corrected chi connectivity index (χ4v) is 3.53. The topological polar surface area (TPSA) is 66.6 Å². The zero-order valence-electron chi connectivity index (χ0n) is 12.2. The fraction of sp³-hybridized carbons (Fsp3) is 0.533. The predicted octanol–water partition coefficient (Wildman–Crippen LogP) is 3.19. The molecule has 21 heavy (non-hydrogen) atoms. The van der Waals surface area contributed by atoms with Crippen LogP contribution in [0.1, 0.15) is 23.5 Å². The van der Waals surface area contributed by atoms with Crippen molar-refractivity contribution in [2.24, 2.45) is 5.73 Å². The number of benzene rings is 1. The molecule has 1 rings (SSSR count). The lowest BCUT2D eigenvalue weighted by Crippen LogP contribution is -2.27. The number of nitrogens with two attached hydrogens (primary N) is 1. The van der Waals surface area contributed by atoms with Gasteiger partial charge in [-0.2, -0.15) is 0 Å². The first-order valence-corrected chi connectivity index (χ1v) is 9.97. The van der Waals surface area contributed by atoms with Crippen LogP contribution < -0.4 is 10.6 Å². The molecule has 0 radical (unpaired) electrons. The molecular formula is C15H22I2N2O2. The lowest BCUT2D eigenvalue weighted by molar-refractivity contribution is -0.137. The summed E-state index contributed by atoms with van der Waals surface area (Å²) in [5, 5.41) is 9.05. The van der Waals surface area contributed by atoms with Crippen molar-refractivity contribution in [3.8, 4) is 0 Å². The van der Waals surface area contributed by atoms with Crippen molar-refractivity contribution < 1.29 is 9.90 Å². The molecule has 0 aliphatic heterocycles. The number of nitrogens with zero attached hydrogens (tertiary/aromatic N) is 1. The van der Waals surface area contributed by atoms with E-state index < -0.39 is 5.97 Å². The van der Waals surface area contributed by atoms with Crippen LogP contribution in [0.5, 0.6) is 0 Å². The van der Waals surface area contributed by atoms with Gasteiger partial charge in [-0.05, 0) is 36.7 Å². The largest absolute Gasteiger partial charge is 0.481 e. The summed E-state index contributed by atoms with van der Waals surface area (Å²) in [7, 11) is 0. The number of aryl methyl sites for hydroxylation is 1. The fourth-order valence-electron chi connectivity index (χ4n) is 2.37. The van der Waals surface area contributed by atoms with E-state index in [0.717, 1.165) is 38.8 Å². The van der Waals surface area contributed by atoms with Crippen LogP contribution in [0.2, 0.25) is 0 Å². The van der Waals surface area contributed by atoms with Crippen LogP contribution in [0.4, 0.5) is 5.69 Å². The number of carboxylic acid groups (broad SMARTS) is 1. The monoisotopic (exact) mass is 516 g/mol. The molecule has 6 heteroatoms. The Morgan fingerprint density at radius 1 is 1.33 bits per heavy atom. The van der Waals surface area contributed by atoms with E-state index in [1.54, 1.807) is 0 Å². The lowest BCUT2D eigenvalue weighted by atomic mass is 9.91. The Bertz CT molecular complexity index is 463. The maximum Gasteiger partial charge on any atom is 0.304 e. The molecule has 0 heterocycles. The van der Waals surface area contributed by atoms with Gasteiger partial charge in [-0.1, -0.05) is 51.2 Å². The third-order valence-electron chi connectivity index (χ3n) is 3.48. The Kier molecular flexibility index (Phi) is 8.88. The number of alkyl halides is 2. The van der Waals surface area contributed by atoms with E-state index in [2.05, 4.69) is 68.3 Å². The van der Waals surface area contributed by atoms with Crippen molar-refractivity contribution >= 4 is 56.8 Å². The molecule has 0 fully saturated rings. The Balaban J connectivity index is 3.09. The number of rotatable bonds is 9. The molecule has 0 saturated heterocycles. The van der Waals surface area contributed by atoms with Crippen LogP contribution in [0, 0.1) is 6.92 Å². The number of aliphatic carboxylic acids is 1. The molecule has 1 unspecified atom stereocenters. The summed E-state index contributed by atoms with van der Waals surface area (Å²) < 4.78 is 2.13. The van der Waals surface area contributed by atoms with E-state index in [9.17, 15) is 4.79 Å². The number of carbonyl (C=O) groups is 1. The molecule has 0 aliphatic carbocycles. The maximum absolute atomic E-state index is 11.0. The van der Waals surface area contributed by atoms with Gasteiger partial charge < -0.3 is 15.7 Å². The van der Waals surface area contributed by atoms with Crippen molar-refractivity contribution in [3.63, 3.8) is 0 Å². The van der Waals surface area contributed by atoms with Crippen molar-refractivity contribution in [2.75, 3.05) is 33.4 Å². The molecule has 0 aromatic heterocycles. The maximum atomic E-state index is 11.0. The van der Waals surface area contributed by atoms with Crippen LogP contribution >= 0.6 is 45.2 Å². The summed E-state index contributed by atoms with van der Waals surface area (Å²) in [6.45, 7) is 4.37. The van der Waals surface area contributed by atoms with E-state index in [1.807, 2.05) is 6.92 Å². The van der Waals surface area contributed by atoms with Crippen molar-refractivity contribution in [3.05, 3.63) is 29.3 Å². The average molecular weight is 516 g/mol. The molecule has 4 nitrogen and oxygen atoms in total. The van der Waals surface area contributed by atoms with Gasteiger partial charge in [0.25, 0.3) is 0 Å². The molecule has 0 amide bonds. The molecule has 3 N–H and O–H groups in total. The summed E-state index contributed by atoms with van der Waals surface area (Å²) in [6, 6.07) is 6.31. The van der Waals surface area contributed by atoms with Gasteiger partial charge in [-0.15, -0.1) is 0 Å². The average Bonchev–Trinajstić information content (AvgIpc) is 2.45. The van der Waals surface area contributed by atoms with Gasteiger partial charge in [0.15, 0.2) is 0 Å². The van der Waals surface area contributed by atoms with Gasteiger partial charge in [0.2, 0.25) is 0 Å². The number of halogens is 2. The number of hydrogen-bond acceptors (Lipinski definition) is 3. The van der Waals surface area contributed by atoms with E-state index in [-0.39, 0.29) is 12.3 Å². The van der Waals surface area contributed by atoms with Gasteiger partial charge in [0.05, 0.1) is 6.42 Å². The standard InChI is InChI=1S/C15H22I2N2O2/c1-11-2-3-13(19(6-4-16)7-5-17)9-14(11)12(10-18)8-15(20)21/h2-3,9,12H,4-8,10,18H2,1H3,(H,20,21). The van der Waals surface area contributed by atoms with Gasteiger partial charge in [0.1, 0.15) is 0 Å². The molecule has 1 aromatic carbocycles. The van der Waals surface area contributed by atoms with E-state index >= 15 is 0 Å². The van der Waals surface area contributed by atoms with Gasteiger partial charge in [-0.25, -0.2) is 0 Å². The summed E-state index contributed by atoms with van der Waals surface area (Å²) in [6.07, 6.45) is 0.0827. The Hall–Kier alpha value is -0.0900. The SMILES string of the molecule is Cc1ccc(N(CCI)CCI)cc1C(CN)CC(=O)O. The minimum Gasteiger partial charge on any atom is -0.481 e. The Labute approximate surface area is 153 Å². The number of carboxylic acids is 1. The first-order chi connectivity index (χ1) is 10.0. The molecule has 1 atom stereocenters. The van der Waals surface area contributed by atoms with Crippen molar-refractivity contribution in [2.45, 2.75) is 19.3 Å². The third kappa shape index (κ3) is 5.90. The molecule has 0 bridgehead atoms. The van der Waals surface area contributed by atoms with Crippen LogP contribution in [0.15, 0.2) is 18.2 Å². The molecule has 0 aliphatic rings. The first kappa shape index (κ1) is 19.0. The minimum atomic E-state index is -0.799. The summed E-state index contributed by atoms with van der Waals surface area (Å²) in [4.78, 5) is 13.4. The minimum absolute atomic E-state index is 0.0827. The Morgan fingerprint density at radius 2 is 1.95 bits per heavy atom. The van der Waals surface area contributed by atoms with Crippen LogP contribution in [0.3, 0.4) is 0 Å². The van der Waals surface area contributed by atoms with Crippen LogP contribution in [-0.4, -0.2) is 39.6 Å². The second kappa shape index (κ2) is 9.83. The van der Waals surface area contributed by atoms with Gasteiger partial charge in [-0.3, -0.25) is 4.79 Å². The highest BCUT2D eigenvalue weighted by atomic mass is 127. The highest BCUT2D eigenvalue weighted by Crippen LogP contribution is 2.27. The lowest BCUT2D eigenvalue weighted by Gasteiger charge is -2.25. The molecule has 118 valence electrons. The zero-order chi connectivity index (χ0) is 15.8. The van der Waals surface area contributed by atoms with E-state index in [4.69, 9.17) is 10.8 Å². The molecular weight excluding hydrogens is 494 g/mol. The molecule has 0 saturated carbocycles.